The molecule has 6 heteroatoms. The average molecular weight is 494 g/mol. The Morgan fingerprint density at radius 2 is 1.83 bits per heavy atom. The fourth-order valence-corrected chi connectivity index (χ4v) is 4.43. The number of carbonyl (C=O) groups excluding carboxylic acids is 2. The topological polar surface area (TPSA) is 61.4 Å². The normalized spacial score (nSPS) is 15.2. The summed E-state index contributed by atoms with van der Waals surface area (Å²) in [5.74, 6) is -1.09. The molecule has 1 fully saturated rings. The molecule has 1 saturated carbocycles. The van der Waals surface area contributed by atoms with E-state index in [0.717, 1.165) is 36.8 Å². The summed E-state index contributed by atoms with van der Waals surface area (Å²) in [7, 11) is 0. The summed E-state index contributed by atoms with van der Waals surface area (Å²) in [5.41, 5.74) is 3.00. The van der Waals surface area contributed by atoms with E-state index in [4.69, 9.17) is 0 Å². The van der Waals surface area contributed by atoms with Gasteiger partial charge in [0.15, 0.2) is 0 Å². The molecule has 0 bridgehead atoms. The van der Waals surface area contributed by atoms with Gasteiger partial charge in [-0.1, -0.05) is 67.9 Å². The summed E-state index contributed by atoms with van der Waals surface area (Å²) >= 11 is 0. The molecular weight excluding hydrogens is 453 g/mol. The second-order valence-electron chi connectivity index (χ2n) is 9.42. The van der Waals surface area contributed by atoms with E-state index < -0.39 is 11.9 Å². The van der Waals surface area contributed by atoms with Crippen LogP contribution in [0.25, 0.3) is 0 Å². The minimum atomic E-state index is -0.939. The number of halogens is 1. The molecule has 2 rings (SSSR count). The van der Waals surface area contributed by atoms with E-state index in [9.17, 15) is 14.0 Å². The van der Waals surface area contributed by atoms with Crippen LogP contribution in [0.15, 0.2) is 84.1 Å². The molecule has 1 aromatic rings. The predicted octanol–water partition coefficient (Wildman–Crippen LogP) is 6.44. The van der Waals surface area contributed by atoms with Crippen molar-refractivity contribution in [1.29, 1.82) is 0 Å². The van der Waals surface area contributed by atoms with Gasteiger partial charge in [0.2, 0.25) is 11.8 Å². The number of allylic oxidation sites excluding steroid dienone is 5. The van der Waals surface area contributed by atoms with Gasteiger partial charge in [-0.15, -0.1) is 0 Å². The van der Waals surface area contributed by atoms with Crippen LogP contribution in [0.1, 0.15) is 59.8 Å². The highest BCUT2D eigenvalue weighted by atomic mass is 19.1. The molecule has 1 aliphatic carbocycles. The summed E-state index contributed by atoms with van der Waals surface area (Å²) < 4.78 is 14.2. The van der Waals surface area contributed by atoms with E-state index in [1.54, 1.807) is 36.4 Å². The van der Waals surface area contributed by atoms with Gasteiger partial charge >= 0.3 is 0 Å². The molecule has 1 atom stereocenters. The van der Waals surface area contributed by atoms with Crippen LogP contribution in [-0.4, -0.2) is 35.3 Å². The number of benzene rings is 1. The van der Waals surface area contributed by atoms with Gasteiger partial charge in [0.05, 0.1) is 12.2 Å². The number of anilines is 1. The third kappa shape index (κ3) is 8.08. The van der Waals surface area contributed by atoms with Gasteiger partial charge in [0, 0.05) is 11.7 Å². The van der Waals surface area contributed by atoms with Crippen molar-refractivity contribution in [2.45, 2.75) is 71.9 Å². The lowest BCUT2D eigenvalue weighted by molar-refractivity contribution is -0.136. The van der Waals surface area contributed by atoms with Gasteiger partial charge in [0.25, 0.3) is 0 Å². The summed E-state index contributed by atoms with van der Waals surface area (Å²) in [6.07, 6.45) is 12.1. The maximum atomic E-state index is 14.2. The van der Waals surface area contributed by atoms with Gasteiger partial charge in [-0.05, 0) is 70.4 Å². The van der Waals surface area contributed by atoms with Gasteiger partial charge < -0.3 is 10.6 Å². The Labute approximate surface area is 215 Å². The molecular formula is C30H40FN3O2. The molecule has 2 N–H and O–H groups in total. The molecule has 0 saturated heterocycles. The standard InChI is InChI=1S/C30H40FN3O2/c1-7-14-24(19-21(3)4)34(28(35)20-32-27-18-13-12-17-26(27)31)29(25(8-2)22(5)6)30(36)33-23-15-10-9-11-16-23/h7-8,12-14,17-19,23,29,32H,2-3,9-11,15-16,20H2,1,4-6H3,(H,33,36). The Hall–Kier alpha value is -3.41. The number of amides is 2. The summed E-state index contributed by atoms with van der Waals surface area (Å²) in [4.78, 5) is 29.1. The highest BCUT2D eigenvalue weighted by molar-refractivity contribution is 5.94. The average Bonchev–Trinajstić information content (AvgIpc) is 2.83. The van der Waals surface area contributed by atoms with Gasteiger partial charge in [-0.2, -0.15) is 0 Å². The number of nitrogens with zero attached hydrogens (tertiary/aromatic N) is 1. The molecule has 0 spiro atoms. The van der Waals surface area contributed by atoms with E-state index in [0.29, 0.717) is 11.3 Å². The van der Waals surface area contributed by atoms with Crippen molar-refractivity contribution in [3.63, 3.8) is 0 Å². The second-order valence-corrected chi connectivity index (χ2v) is 9.42. The monoisotopic (exact) mass is 493 g/mol. The van der Waals surface area contributed by atoms with Gasteiger partial charge in [0.1, 0.15) is 11.9 Å². The predicted molar refractivity (Wildman–Crippen MR) is 147 cm³/mol. The van der Waals surface area contributed by atoms with Crippen LogP contribution in [0.4, 0.5) is 10.1 Å². The Morgan fingerprint density at radius 1 is 1.17 bits per heavy atom. The number of carbonyl (C=O) groups is 2. The highest BCUT2D eigenvalue weighted by Crippen LogP contribution is 2.25. The molecule has 0 radical (unpaired) electrons. The first-order valence-electron chi connectivity index (χ1n) is 12.6. The molecule has 194 valence electrons. The van der Waals surface area contributed by atoms with Crippen molar-refractivity contribution >= 4 is 17.5 Å². The lowest BCUT2D eigenvalue weighted by atomic mass is 9.93. The number of para-hydroxylation sites is 1. The van der Waals surface area contributed by atoms with Crippen molar-refractivity contribution < 1.29 is 14.0 Å². The Bertz CT molecular complexity index is 1040. The zero-order chi connectivity index (χ0) is 26.7. The maximum Gasteiger partial charge on any atom is 0.248 e. The molecule has 0 heterocycles. The lowest BCUT2D eigenvalue weighted by Crippen LogP contribution is -2.53. The third-order valence-electron chi connectivity index (χ3n) is 6.13. The quantitative estimate of drug-likeness (QED) is 0.349. The highest BCUT2D eigenvalue weighted by Gasteiger charge is 2.35. The van der Waals surface area contributed by atoms with Crippen molar-refractivity contribution in [3.8, 4) is 0 Å². The van der Waals surface area contributed by atoms with Crippen LogP contribution in [0, 0.1) is 5.82 Å². The smallest absolute Gasteiger partial charge is 0.248 e. The zero-order valence-electron chi connectivity index (χ0n) is 22.1. The Balaban J connectivity index is 2.56. The minimum Gasteiger partial charge on any atom is -0.374 e. The first kappa shape index (κ1) is 28.8. The minimum absolute atomic E-state index is 0.0701. The van der Waals surface area contributed by atoms with Crippen LogP contribution in [-0.2, 0) is 9.59 Å². The van der Waals surface area contributed by atoms with Crippen LogP contribution in [0.2, 0.25) is 0 Å². The van der Waals surface area contributed by atoms with Crippen LogP contribution in [0.3, 0.4) is 0 Å². The fraction of sp³-hybridized carbons (Fsp3) is 0.400. The largest absolute Gasteiger partial charge is 0.374 e. The maximum absolute atomic E-state index is 14.2. The van der Waals surface area contributed by atoms with Gasteiger partial charge in [-0.25, -0.2) is 4.39 Å². The summed E-state index contributed by atoms with van der Waals surface area (Å²) in [6.45, 7) is 15.2. The molecule has 0 aromatic heterocycles. The Morgan fingerprint density at radius 3 is 2.39 bits per heavy atom. The molecule has 5 nitrogen and oxygen atoms in total. The zero-order valence-corrected chi connectivity index (χ0v) is 22.1. The third-order valence-corrected chi connectivity index (χ3v) is 6.13. The first-order chi connectivity index (χ1) is 17.2. The van der Waals surface area contributed by atoms with Crippen molar-refractivity contribution in [1.82, 2.24) is 10.2 Å². The van der Waals surface area contributed by atoms with Crippen molar-refractivity contribution in [2.24, 2.45) is 0 Å². The molecule has 0 aliphatic heterocycles. The number of nitrogens with one attached hydrogen (secondary N) is 2. The molecule has 1 unspecified atom stereocenters. The molecule has 2 amide bonds. The van der Waals surface area contributed by atoms with E-state index in [2.05, 4.69) is 23.8 Å². The van der Waals surface area contributed by atoms with Gasteiger partial charge in [-0.3, -0.25) is 14.5 Å². The van der Waals surface area contributed by atoms with E-state index in [1.165, 1.54) is 17.4 Å². The van der Waals surface area contributed by atoms with E-state index >= 15 is 0 Å². The van der Waals surface area contributed by atoms with Crippen LogP contribution in [0.5, 0.6) is 0 Å². The van der Waals surface area contributed by atoms with Crippen molar-refractivity contribution in [2.75, 3.05) is 11.9 Å². The number of hydrogen-bond acceptors (Lipinski definition) is 3. The summed E-state index contributed by atoms with van der Waals surface area (Å²) in [6, 6.07) is 5.31. The number of hydrogen-bond donors (Lipinski definition) is 2. The fourth-order valence-electron chi connectivity index (χ4n) is 4.43. The second kappa shape index (κ2) is 14.2. The van der Waals surface area contributed by atoms with E-state index in [-0.39, 0.29) is 30.1 Å². The molecule has 1 aromatic carbocycles. The Kier molecular flexibility index (Phi) is 11.4. The molecule has 1 aliphatic rings. The molecule has 36 heavy (non-hydrogen) atoms. The first-order valence-corrected chi connectivity index (χ1v) is 12.6. The van der Waals surface area contributed by atoms with Crippen LogP contribution < -0.4 is 10.6 Å². The summed E-state index contributed by atoms with van der Waals surface area (Å²) in [5, 5.41) is 6.08. The lowest BCUT2D eigenvalue weighted by Gasteiger charge is -2.35. The van der Waals surface area contributed by atoms with Crippen molar-refractivity contribution in [3.05, 3.63) is 90.0 Å². The number of rotatable bonds is 11. The SMILES string of the molecule is C=CC(=C(C)C)C(C(=O)NC1CCCCC1)N(C(=O)CNc1ccccc1F)C(C=CC)=CC(=C)C. The van der Waals surface area contributed by atoms with Crippen LogP contribution >= 0.6 is 0 Å². The van der Waals surface area contributed by atoms with E-state index in [1.807, 2.05) is 33.8 Å².